The van der Waals surface area contributed by atoms with Crippen LogP contribution >= 0.6 is 11.6 Å². The summed E-state index contributed by atoms with van der Waals surface area (Å²) >= 11 is 5.49. The summed E-state index contributed by atoms with van der Waals surface area (Å²) < 4.78 is 39.0. The number of ether oxygens (including phenoxy) is 2. The smallest absolute Gasteiger partial charge is 0.348 e. The van der Waals surface area contributed by atoms with Crippen molar-refractivity contribution in [2.75, 3.05) is 18.2 Å². The third kappa shape index (κ3) is 8.68. The van der Waals surface area contributed by atoms with Gasteiger partial charge < -0.3 is 9.47 Å². The van der Waals surface area contributed by atoms with E-state index in [4.69, 9.17) is 25.3 Å². The molecular weight excluding hydrogens is 398 g/mol. The van der Waals surface area contributed by atoms with Gasteiger partial charge in [-0.2, -0.15) is 8.42 Å². The molecule has 0 radical (unpaired) electrons. The molecule has 1 aromatic rings. The Morgan fingerprint density at radius 2 is 2.04 bits per heavy atom. The Kier molecular flexibility index (Phi) is 9.14. The first-order chi connectivity index (χ1) is 12.6. The number of pyridine rings is 1. The number of esters is 2. The second-order valence-electron chi connectivity index (χ2n) is 6.51. The zero-order valence-electron chi connectivity index (χ0n) is 15.5. The molecule has 0 N–H and O–H groups in total. The number of carbonyl (C=O) groups excluding carboxylic acids is 2. The van der Waals surface area contributed by atoms with Crippen LogP contribution in [0.3, 0.4) is 0 Å². The van der Waals surface area contributed by atoms with Crippen LogP contribution in [0.1, 0.15) is 32.8 Å². The van der Waals surface area contributed by atoms with Crippen molar-refractivity contribution < 1.29 is 31.7 Å². The predicted octanol–water partition coefficient (Wildman–Crippen LogP) is 2.06. The van der Waals surface area contributed by atoms with Crippen LogP contribution in [0.4, 0.5) is 0 Å². The minimum atomic E-state index is -3.81. The van der Waals surface area contributed by atoms with E-state index >= 15 is 0 Å². The van der Waals surface area contributed by atoms with E-state index in [2.05, 4.69) is 4.98 Å². The van der Waals surface area contributed by atoms with Crippen molar-refractivity contribution in [2.45, 2.75) is 39.9 Å². The predicted molar refractivity (Wildman–Crippen MR) is 98.4 cm³/mol. The van der Waals surface area contributed by atoms with Crippen LogP contribution in [0.25, 0.3) is 0 Å². The van der Waals surface area contributed by atoms with Crippen LogP contribution in [-0.4, -0.2) is 49.7 Å². The van der Waals surface area contributed by atoms with Gasteiger partial charge in [-0.15, -0.1) is 11.6 Å². The fourth-order valence-electron chi connectivity index (χ4n) is 2.01. The number of rotatable bonds is 11. The summed E-state index contributed by atoms with van der Waals surface area (Å²) in [6, 6.07) is 3.41. The summed E-state index contributed by atoms with van der Waals surface area (Å²) in [5, 5.41) is 0. The SMILES string of the molecule is CC(=O)O[C@@H](C(=O)OCc1cccnc1)C(C)(C)COS(=O)(=O)CCCCl. The lowest BCUT2D eigenvalue weighted by atomic mass is 9.87. The van der Waals surface area contributed by atoms with Crippen molar-refractivity contribution in [1.82, 2.24) is 4.98 Å². The molecule has 0 aliphatic heterocycles. The van der Waals surface area contributed by atoms with E-state index in [1.54, 1.807) is 32.2 Å². The zero-order valence-corrected chi connectivity index (χ0v) is 17.1. The van der Waals surface area contributed by atoms with Crippen LogP contribution in [0.15, 0.2) is 24.5 Å². The van der Waals surface area contributed by atoms with Crippen LogP contribution in [0, 0.1) is 5.41 Å². The molecular formula is C17H24ClNO7S. The average Bonchev–Trinajstić information content (AvgIpc) is 2.62. The highest BCUT2D eigenvalue weighted by Crippen LogP contribution is 2.26. The summed E-state index contributed by atoms with van der Waals surface area (Å²) in [5.41, 5.74) is -0.490. The average molecular weight is 422 g/mol. The Morgan fingerprint density at radius 3 is 2.59 bits per heavy atom. The van der Waals surface area contributed by atoms with Gasteiger partial charge >= 0.3 is 11.9 Å². The van der Waals surface area contributed by atoms with Crippen LogP contribution in [0.5, 0.6) is 0 Å². The van der Waals surface area contributed by atoms with Crippen LogP contribution < -0.4 is 0 Å². The molecule has 1 rings (SSSR count). The molecule has 10 heteroatoms. The van der Waals surface area contributed by atoms with Gasteiger partial charge in [0.05, 0.1) is 12.4 Å². The lowest BCUT2D eigenvalue weighted by Crippen LogP contribution is -2.44. The number of halogens is 1. The quantitative estimate of drug-likeness (QED) is 0.303. The minimum absolute atomic E-state index is 0.0601. The van der Waals surface area contributed by atoms with Gasteiger partial charge in [-0.3, -0.25) is 14.0 Å². The first-order valence-electron chi connectivity index (χ1n) is 8.23. The van der Waals surface area contributed by atoms with Gasteiger partial charge in [0.1, 0.15) is 6.61 Å². The second-order valence-corrected chi connectivity index (χ2v) is 8.65. The normalized spacial score (nSPS) is 13.0. The molecule has 1 atom stereocenters. The molecule has 0 aliphatic carbocycles. The fraction of sp³-hybridized carbons (Fsp3) is 0.588. The highest BCUT2D eigenvalue weighted by atomic mass is 35.5. The van der Waals surface area contributed by atoms with Gasteiger partial charge in [-0.05, 0) is 12.5 Å². The monoisotopic (exact) mass is 421 g/mol. The van der Waals surface area contributed by atoms with E-state index in [-0.39, 0.29) is 31.3 Å². The van der Waals surface area contributed by atoms with E-state index in [0.29, 0.717) is 5.56 Å². The molecule has 0 fully saturated rings. The first kappa shape index (κ1) is 23.3. The lowest BCUT2D eigenvalue weighted by Gasteiger charge is -2.31. The molecule has 0 aromatic carbocycles. The Balaban J connectivity index is 2.79. The van der Waals surface area contributed by atoms with Gasteiger partial charge in [-0.1, -0.05) is 19.9 Å². The van der Waals surface area contributed by atoms with Gasteiger partial charge in [0.15, 0.2) is 0 Å². The van der Waals surface area contributed by atoms with E-state index in [9.17, 15) is 18.0 Å². The Hall–Kier alpha value is -1.71. The van der Waals surface area contributed by atoms with Crippen molar-refractivity contribution >= 4 is 33.7 Å². The summed E-state index contributed by atoms with van der Waals surface area (Å²) in [7, 11) is -3.81. The second kappa shape index (κ2) is 10.6. The minimum Gasteiger partial charge on any atom is -0.458 e. The Bertz CT molecular complexity index is 722. The number of alkyl halides is 1. The van der Waals surface area contributed by atoms with Gasteiger partial charge in [0, 0.05) is 36.2 Å². The van der Waals surface area contributed by atoms with E-state index in [1.165, 1.54) is 6.20 Å². The highest BCUT2D eigenvalue weighted by Gasteiger charge is 2.41. The van der Waals surface area contributed by atoms with Gasteiger partial charge in [0.2, 0.25) is 6.10 Å². The number of hydrogen-bond donors (Lipinski definition) is 0. The maximum Gasteiger partial charge on any atom is 0.348 e. The molecule has 0 spiro atoms. The number of hydrogen-bond acceptors (Lipinski definition) is 8. The summed E-state index contributed by atoms with van der Waals surface area (Å²) in [6.07, 6.45) is 2.02. The molecule has 0 unspecified atom stereocenters. The summed E-state index contributed by atoms with van der Waals surface area (Å²) in [4.78, 5) is 27.8. The lowest BCUT2D eigenvalue weighted by molar-refractivity contribution is -0.177. The maximum atomic E-state index is 12.5. The van der Waals surface area contributed by atoms with Gasteiger partial charge in [0.25, 0.3) is 10.1 Å². The van der Waals surface area contributed by atoms with Crippen LogP contribution in [0.2, 0.25) is 0 Å². The van der Waals surface area contributed by atoms with Crippen molar-refractivity contribution in [3.05, 3.63) is 30.1 Å². The number of aromatic nitrogens is 1. The Morgan fingerprint density at radius 1 is 1.33 bits per heavy atom. The molecule has 152 valence electrons. The molecule has 8 nitrogen and oxygen atoms in total. The van der Waals surface area contributed by atoms with Crippen molar-refractivity contribution in [1.29, 1.82) is 0 Å². The van der Waals surface area contributed by atoms with Crippen molar-refractivity contribution in [2.24, 2.45) is 5.41 Å². The fourth-order valence-corrected chi connectivity index (χ4v) is 3.41. The van der Waals surface area contributed by atoms with E-state index < -0.39 is 33.6 Å². The van der Waals surface area contributed by atoms with E-state index in [0.717, 1.165) is 6.92 Å². The summed E-state index contributed by atoms with van der Waals surface area (Å²) in [5.74, 6) is -1.56. The molecule has 1 aromatic heterocycles. The standard InChI is InChI=1S/C17H24ClNO7S/c1-13(20)26-15(16(21)24-11-14-6-4-8-19-10-14)17(2,3)12-25-27(22,23)9-5-7-18/h4,6,8,10,15H,5,7,9,11-12H2,1-3H3/t15-/m0/s1. The topological polar surface area (TPSA) is 109 Å². The third-order valence-electron chi connectivity index (χ3n) is 3.45. The van der Waals surface area contributed by atoms with Crippen molar-refractivity contribution in [3.63, 3.8) is 0 Å². The molecule has 0 saturated heterocycles. The van der Waals surface area contributed by atoms with Crippen LogP contribution in [-0.2, 0) is 40.0 Å². The number of nitrogens with zero attached hydrogens (tertiary/aromatic N) is 1. The largest absolute Gasteiger partial charge is 0.458 e. The van der Waals surface area contributed by atoms with E-state index in [1.807, 2.05) is 0 Å². The first-order valence-corrected chi connectivity index (χ1v) is 10.3. The molecule has 1 heterocycles. The Labute approximate surface area is 164 Å². The molecule has 0 aliphatic rings. The molecule has 0 bridgehead atoms. The van der Waals surface area contributed by atoms with Gasteiger partial charge in [-0.25, -0.2) is 4.79 Å². The zero-order chi connectivity index (χ0) is 20.5. The number of carbonyl (C=O) groups is 2. The maximum absolute atomic E-state index is 12.5. The molecule has 0 amide bonds. The molecule has 27 heavy (non-hydrogen) atoms. The van der Waals surface area contributed by atoms with Crippen molar-refractivity contribution in [3.8, 4) is 0 Å². The molecule has 0 saturated carbocycles. The highest BCUT2D eigenvalue weighted by molar-refractivity contribution is 7.86. The third-order valence-corrected chi connectivity index (χ3v) is 4.98. The summed E-state index contributed by atoms with van der Waals surface area (Å²) in [6.45, 7) is 3.81.